The second-order valence-corrected chi connectivity index (χ2v) is 3.56. The van der Waals surface area contributed by atoms with Gasteiger partial charge in [0.05, 0.1) is 6.04 Å². The molecule has 0 atom stereocenters. The Morgan fingerprint density at radius 1 is 1.43 bits per heavy atom. The minimum absolute atomic E-state index is 0.0427. The number of rotatable bonds is 1. The highest BCUT2D eigenvalue weighted by Crippen LogP contribution is 2.32. The molecule has 0 unspecified atom stereocenters. The first kappa shape index (κ1) is 9.51. The fourth-order valence-corrected chi connectivity index (χ4v) is 1.54. The lowest BCUT2D eigenvalue weighted by atomic mass is 9.88. The van der Waals surface area contributed by atoms with Crippen LogP contribution in [0.3, 0.4) is 0 Å². The van der Waals surface area contributed by atoms with Crippen LogP contribution < -0.4 is 5.73 Å². The number of aromatic nitrogens is 2. The van der Waals surface area contributed by atoms with Gasteiger partial charge >= 0.3 is 6.18 Å². The van der Waals surface area contributed by atoms with Crippen LogP contribution in [0, 0.1) is 0 Å². The van der Waals surface area contributed by atoms with Gasteiger partial charge in [-0.25, -0.2) is 0 Å². The van der Waals surface area contributed by atoms with Crippen molar-refractivity contribution in [3.8, 4) is 0 Å². The van der Waals surface area contributed by atoms with Crippen molar-refractivity contribution in [2.24, 2.45) is 5.73 Å². The van der Waals surface area contributed by atoms with Crippen molar-refractivity contribution in [3.63, 3.8) is 0 Å². The van der Waals surface area contributed by atoms with Crippen LogP contribution in [-0.2, 0) is 6.18 Å². The summed E-state index contributed by atoms with van der Waals surface area (Å²) in [7, 11) is 0. The first-order valence-electron chi connectivity index (χ1n) is 4.35. The molecule has 0 amide bonds. The molecule has 1 aliphatic carbocycles. The monoisotopic (exact) mass is 205 g/mol. The average molecular weight is 205 g/mol. The van der Waals surface area contributed by atoms with Gasteiger partial charge in [0.25, 0.3) is 0 Å². The second-order valence-electron chi connectivity index (χ2n) is 3.56. The Labute approximate surface area is 78.7 Å². The number of nitrogens with zero attached hydrogens (tertiary/aromatic N) is 2. The van der Waals surface area contributed by atoms with E-state index in [-0.39, 0.29) is 12.1 Å². The number of hydrogen-bond donors (Lipinski definition) is 1. The van der Waals surface area contributed by atoms with Crippen LogP contribution >= 0.6 is 0 Å². The quantitative estimate of drug-likeness (QED) is 0.756. The Balaban J connectivity index is 2.11. The molecule has 1 fully saturated rings. The van der Waals surface area contributed by atoms with E-state index in [4.69, 9.17) is 5.73 Å². The van der Waals surface area contributed by atoms with Crippen molar-refractivity contribution >= 4 is 0 Å². The van der Waals surface area contributed by atoms with Crippen LogP contribution in [-0.4, -0.2) is 15.8 Å². The molecule has 78 valence electrons. The van der Waals surface area contributed by atoms with Gasteiger partial charge in [0.1, 0.15) is 0 Å². The number of hydrogen-bond acceptors (Lipinski definition) is 2. The summed E-state index contributed by atoms with van der Waals surface area (Å²) in [6.07, 6.45) is -1.57. The van der Waals surface area contributed by atoms with Gasteiger partial charge in [0, 0.05) is 12.2 Å². The summed E-state index contributed by atoms with van der Waals surface area (Å²) in [4.78, 5) is 0. The lowest BCUT2D eigenvalue weighted by molar-refractivity contribution is -0.141. The van der Waals surface area contributed by atoms with Gasteiger partial charge in [-0.15, -0.1) is 0 Å². The third-order valence-corrected chi connectivity index (χ3v) is 2.42. The van der Waals surface area contributed by atoms with Crippen LogP contribution in [0.5, 0.6) is 0 Å². The van der Waals surface area contributed by atoms with Crippen LogP contribution in [0.1, 0.15) is 24.6 Å². The van der Waals surface area contributed by atoms with Crippen molar-refractivity contribution in [3.05, 3.63) is 18.0 Å². The highest BCUT2D eigenvalue weighted by molar-refractivity contribution is 5.05. The van der Waals surface area contributed by atoms with E-state index in [1.165, 1.54) is 10.9 Å². The maximum atomic E-state index is 12.2. The minimum Gasteiger partial charge on any atom is -0.328 e. The molecule has 0 bridgehead atoms. The molecule has 0 spiro atoms. The summed E-state index contributed by atoms with van der Waals surface area (Å²) in [6.45, 7) is 0. The number of nitrogens with two attached hydrogens (primary N) is 1. The van der Waals surface area contributed by atoms with Crippen molar-refractivity contribution in [2.45, 2.75) is 31.1 Å². The zero-order valence-corrected chi connectivity index (χ0v) is 7.33. The summed E-state index contributed by atoms with van der Waals surface area (Å²) in [5, 5.41) is 3.47. The van der Waals surface area contributed by atoms with Gasteiger partial charge in [-0.3, -0.25) is 4.68 Å². The molecule has 1 aromatic rings. The van der Waals surface area contributed by atoms with E-state index in [1.54, 1.807) is 0 Å². The normalized spacial score (nSPS) is 27.4. The third kappa shape index (κ3) is 1.61. The van der Waals surface area contributed by atoms with E-state index < -0.39 is 11.9 Å². The molecule has 0 radical (unpaired) electrons. The zero-order chi connectivity index (χ0) is 10.3. The van der Waals surface area contributed by atoms with E-state index in [9.17, 15) is 13.2 Å². The fourth-order valence-electron chi connectivity index (χ4n) is 1.54. The first-order chi connectivity index (χ1) is 6.47. The van der Waals surface area contributed by atoms with Crippen LogP contribution in [0.2, 0.25) is 0 Å². The maximum Gasteiger partial charge on any atom is 0.435 e. The summed E-state index contributed by atoms with van der Waals surface area (Å²) < 4.78 is 37.8. The van der Waals surface area contributed by atoms with E-state index in [1.807, 2.05) is 0 Å². The standard InChI is InChI=1S/C8H10F3N3/c9-8(10,11)7-1-2-14(13-7)6-3-5(12)4-6/h1-2,5-6H,3-4,12H2/t5-,6-. The Bertz CT molecular complexity index is 325. The van der Waals surface area contributed by atoms with Crippen molar-refractivity contribution in [1.82, 2.24) is 9.78 Å². The Morgan fingerprint density at radius 3 is 2.50 bits per heavy atom. The van der Waals surface area contributed by atoms with Crippen molar-refractivity contribution in [1.29, 1.82) is 0 Å². The summed E-state index contributed by atoms with van der Waals surface area (Å²) in [5.41, 5.74) is 4.70. The van der Waals surface area contributed by atoms with Gasteiger partial charge < -0.3 is 5.73 Å². The van der Waals surface area contributed by atoms with Gasteiger partial charge in [0.2, 0.25) is 0 Å². The zero-order valence-electron chi connectivity index (χ0n) is 7.33. The molecule has 1 heterocycles. The van der Waals surface area contributed by atoms with Crippen molar-refractivity contribution < 1.29 is 13.2 Å². The molecule has 3 nitrogen and oxygen atoms in total. The van der Waals surface area contributed by atoms with Crippen molar-refractivity contribution in [2.75, 3.05) is 0 Å². The minimum atomic E-state index is -4.35. The van der Waals surface area contributed by atoms with Crippen LogP contribution in [0.4, 0.5) is 13.2 Å². The number of halogens is 3. The molecule has 2 N–H and O–H groups in total. The summed E-state index contributed by atoms with van der Waals surface area (Å²) in [5.74, 6) is 0. The van der Waals surface area contributed by atoms with Gasteiger partial charge in [-0.05, 0) is 18.9 Å². The predicted octanol–water partition coefficient (Wildman–Crippen LogP) is 1.56. The van der Waals surface area contributed by atoms with Crippen LogP contribution in [0.25, 0.3) is 0 Å². The topological polar surface area (TPSA) is 43.8 Å². The lowest BCUT2D eigenvalue weighted by Gasteiger charge is -2.32. The number of alkyl halides is 3. The van der Waals surface area contributed by atoms with E-state index in [0.717, 1.165) is 6.07 Å². The molecule has 14 heavy (non-hydrogen) atoms. The summed E-state index contributed by atoms with van der Waals surface area (Å²) >= 11 is 0. The highest BCUT2D eigenvalue weighted by Gasteiger charge is 2.35. The van der Waals surface area contributed by atoms with Gasteiger partial charge in [0.15, 0.2) is 5.69 Å². The van der Waals surface area contributed by atoms with E-state index in [2.05, 4.69) is 5.10 Å². The molecule has 1 aromatic heterocycles. The lowest BCUT2D eigenvalue weighted by Crippen LogP contribution is -2.38. The largest absolute Gasteiger partial charge is 0.435 e. The fraction of sp³-hybridized carbons (Fsp3) is 0.625. The average Bonchev–Trinajstić information content (AvgIpc) is 2.45. The first-order valence-corrected chi connectivity index (χ1v) is 4.35. The molecule has 0 aliphatic heterocycles. The molecule has 1 saturated carbocycles. The molecular formula is C8H10F3N3. The maximum absolute atomic E-state index is 12.2. The molecule has 0 aromatic carbocycles. The van der Waals surface area contributed by atoms with Gasteiger partial charge in [-0.1, -0.05) is 0 Å². The Kier molecular flexibility index (Phi) is 2.02. The highest BCUT2D eigenvalue weighted by atomic mass is 19.4. The second kappa shape index (κ2) is 2.98. The van der Waals surface area contributed by atoms with E-state index in [0.29, 0.717) is 12.8 Å². The smallest absolute Gasteiger partial charge is 0.328 e. The molecular weight excluding hydrogens is 195 g/mol. The molecule has 1 aliphatic rings. The van der Waals surface area contributed by atoms with Gasteiger partial charge in [-0.2, -0.15) is 18.3 Å². The molecule has 2 rings (SSSR count). The molecule has 6 heteroatoms. The SMILES string of the molecule is N[C@H]1C[C@H](n2ccc(C(F)(F)F)n2)C1. The summed E-state index contributed by atoms with van der Waals surface area (Å²) in [6, 6.07) is 1.14. The third-order valence-electron chi connectivity index (χ3n) is 2.42. The molecule has 0 saturated heterocycles. The Hall–Kier alpha value is -1.04. The predicted molar refractivity (Wildman–Crippen MR) is 43.5 cm³/mol. The van der Waals surface area contributed by atoms with Crippen LogP contribution in [0.15, 0.2) is 12.3 Å². The Morgan fingerprint density at radius 2 is 2.07 bits per heavy atom. The van der Waals surface area contributed by atoms with E-state index >= 15 is 0 Å².